The van der Waals surface area contributed by atoms with Crippen LogP contribution in [0.4, 0.5) is 12.7 Å². The van der Waals surface area contributed by atoms with Crippen molar-refractivity contribution in [1.29, 1.82) is 0 Å². The summed E-state index contributed by atoms with van der Waals surface area (Å²) in [6.07, 6.45) is -3.00. The third kappa shape index (κ3) is 2.25. The molecular weight excluding hydrogens is 217 g/mol. The average Bonchev–Trinajstić information content (AvgIpc) is 2.01. The van der Waals surface area contributed by atoms with Gasteiger partial charge in [-0.15, -0.1) is 3.89 Å². The Morgan fingerprint density at radius 1 is 1.29 bits per heavy atom. The van der Waals surface area contributed by atoms with E-state index in [1.165, 1.54) is 13.0 Å². The van der Waals surface area contributed by atoms with Crippen LogP contribution in [0, 0.1) is 6.92 Å². The maximum absolute atomic E-state index is 12.6. The molecule has 0 spiro atoms. The molecule has 1 rings (SSSR count). The zero-order valence-corrected chi connectivity index (χ0v) is 7.98. The van der Waals surface area contributed by atoms with Gasteiger partial charge in [0, 0.05) is 5.56 Å². The number of hydrogen-bond donors (Lipinski definition) is 0. The van der Waals surface area contributed by atoms with Crippen LogP contribution in [-0.2, 0) is 10.2 Å². The summed E-state index contributed by atoms with van der Waals surface area (Å²) in [7, 11) is -5.08. The first-order valence-corrected chi connectivity index (χ1v) is 5.04. The summed E-state index contributed by atoms with van der Waals surface area (Å²) in [5.74, 6) is 0. The lowest BCUT2D eigenvalue weighted by atomic mass is 10.1. The van der Waals surface area contributed by atoms with Crippen molar-refractivity contribution in [2.45, 2.75) is 18.2 Å². The second-order valence-corrected chi connectivity index (χ2v) is 4.10. The first kappa shape index (κ1) is 11.0. The highest BCUT2D eigenvalue weighted by Gasteiger charge is 2.22. The summed E-state index contributed by atoms with van der Waals surface area (Å²) in [4.78, 5) is -0.951. The van der Waals surface area contributed by atoms with Crippen LogP contribution in [0.25, 0.3) is 0 Å². The maximum Gasteiger partial charge on any atom is 0.332 e. The molecule has 0 aliphatic heterocycles. The highest BCUT2D eigenvalue weighted by atomic mass is 32.3. The third-order valence-corrected chi connectivity index (χ3v) is 2.55. The molecule has 0 N–H and O–H groups in total. The van der Waals surface area contributed by atoms with E-state index in [1.54, 1.807) is 0 Å². The fraction of sp³-hybridized carbons (Fsp3) is 0.250. The van der Waals surface area contributed by atoms with Gasteiger partial charge in [-0.3, -0.25) is 0 Å². The van der Waals surface area contributed by atoms with Gasteiger partial charge in [0.25, 0.3) is 6.43 Å². The van der Waals surface area contributed by atoms with Gasteiger partial charge in [-0.2, -0.15) is 8.42 Å². The minimum atomic E-state index is -5.08. The van der Waals surface area contributed by atoms with Gasteiger partial charge in [-0.1, -0.05) is 12.1 Å². The van der Waals surface area contributed by atoms with Crippen LogP contribution in [-0.4, -0.2) is 8.42 Å². The van der Waals surface area contributed by atoms with E-state index in [0.717, 1.165) is 12.1 Å². The van der Waals surface area contributed by atoms with Crippen molar-refractivity contribution in [3.8, 4) is 0 Å². The minimum Gasteiger partial charge on any atom is -0.205 e. The predicted molar refractivity (Wildman–Crippen MR) is 44.4 cm³/mol. The zero-order valence-electron chi connectivity index (χ0n) is 7.17. The molecule has 1 aromatic carbocycles. The molecule has 0 heterocycles. The number of alkyl halides is 2. The monoisotopic (exact) mass is 224 g/mol. The molecular formula is C8H7F3O2S. The van der Waals surface area contributed by atoms with Gasteiger partial charge in [0.15, 0.2) is 0 Å². The summed E-state index contributed by atoms with van der Waals surface area (Å²) >= 11 is 0. The maximum atomic E-state index is 12.6. The summed E-state index contributed by atoms with van der Waals surface area (Å²) in [5, 5.41) is 0. The minimum absolute atomic E-state index is 0.408. The number of halogens is 3. The molecule has 0 amide bonds. The van der Waals surface area contributed by atoms with Crippen LogP contribution in [0.15, 0.2) is 23.1 Å². The fourth-order valence-corrected chi connectivity index (χ4v) is 1.80. The fourth-order valence-electron chi connectivity index (χ4n) is 1.03. The highest BCUT2D eigenvalue weighted by molar-refractivity contribution is 7.86. The van der Waals surface area contributed by atoms with Crippen molar-refractivity contribution >= 4 is 10.2 Å². The van der Waals surface area contributed by atoms with Gasteiger partial charge >= 0.3 is 10.2 Å². The molecule has 0 fully saturated rings. The lowest BCUT2D eigenvalue weighted by Crippen LogP contribution is -2.00. The molecule has 0 atom stereocenters. The molecule has 6 heteroatoms. The summed E-state index contributed by atoms with van der Waals surface area (Å²) in [6.45, 7) is 1.49. The molecule has 0 radical (unpaired) electrons. The molecule has 0 aliphatic rings. The number of hydrogen-bond acceptors (Lipinski definition) is 2. The van der Waals surface area contributed by atoms with Gasteiger partial charge in [0.2, 0.25) is 0 Å². The summed E-state index contributed by atoms with van der Waals surface area (Å²) < 4.78 is 58.1. The van der Waals surface area contributed by atoms with Crippen molar-refractivity contribution in [1.82, 2.24) is 0 Å². The van der Waals surface area contributed by atoms with Crippen molar-refractivity contribution in [3.05, 3.63) is 29.3 Å². The Morgan fingerprint density at radius 3 is 2.29 bits per heavy atom. The van der Waals surface area contributed by atoms with Gasteiger partial charge in [-0.25, -0.2) is 8.78 Å². The molecule has 78 valence electrons. The normalized spacial score (nSPS) is 12.1. The Labute approximate surface area is 79.6 Å². The molecule has 0 aliphatic carbocycles. The SMILES string of the molecule is Cc1ccc(C(F)F)c(S(=O)(=O)F)c1. The lowest BCUT2D eigenvalue weighted by molar-refractivity contribution is 0.147. The second kappa shape index (κ2) is 3.61. The first-order chi connectivity index (χ1) is 6.32. The second-order valence-electron chi connectivity index (χ2n) is 2.78. The van der Waals surface area contributed by atoms with Crippen LogP contribution < -0.4 is 0 Å². The molecule has 0 bridgehead atoms. The van der Waals surface area contributed by atoms with E-state index < -0.39 is 27.1 Å². The molecule has 14 heavy (non-hydrogen) atoms. The quantitative estimate of drug-likeness (QED) is 0.723. The Morgan fingerprint density at radius 2 is 1.86 bits per heavy atom. The van der Waals surface area contributed by atoms with Crippen LogP contribution >= 0.6 is 0 Å². The lowest BCUT2D eigenvalue weighted by Gasteiger charge is -2.05. The number of rotatable bonds is 2. The van der Waals surface area contributed by atoms with E-state index in [9.17, 15) is 21.1 Å². The first-order valence-electron chi connectivity index (χ1n) is 3.65. The summed E-state index contributed by atoms with van der Waals surface area (Å²) in [5.41, 5.74) is -0.399. The van der Waals surface area contributed by atoms with Crippen LogP contribution in [0.5, 0.6) is 0 Å². The largest absolute Gasteiger partial charge is 0.332 e. The van der Waals surface area contributed by atoms with Crippen molar-refractivity contribution in [3.63, 3.8) is 0 Å². The standard InChI is InChI=1S/C8H7F3O2S/c1-5-2-3-6(8(9)10)7(4-5)14(11,12)13/h2-4,8H,1H3. The highest BCUT2D eigenvalue weighted by Crippen LogP contribution is 2.28. The van der Waals surface area contributed by atoms with E-state index >= 15 is 0 Å². The van der Waals surface area contributed by atoms with E-state index in [-0.39, 0.29) is 0 Å². The van der Waals surface area contributed by atoms with E-state index in [0.29, 0.717) is 5.56 Å². The van der Waals surface area contributed by atoms with Crippen molar-refractivity contribution in [2.24, 2.45) is 0 Å². The van der Waals surface area contributed by atoms with E-state index in [4.69, 9.17) is 0 Å². The molecule has 0 aromatic heterocycles. The average molecular weight is 224 g/mol. The molecule has 0 saturated carbocycles. The molecule has 0 unspecified atom stereocenters. The molecule has 1 aromatic rings. The summed E-state index contributed by atoms with van der Waals surface area (Å²) in [6, 6.07) is 3.10. The van der Waals surface area contributed by atoms with Gasteiger partial charge in [0.1, 0.15) is 4.90 Å². The Hall–Kier alpha value is -1.04. The van der Waals surface area contributed by atoms with E-state index in [1.807, 2.05) is 0 Å². The van der Waals surface area contributed by atoms with Crippen LogP contribution in [0.2, 0.25) is 0 Å². The van der Waals surface area contributed by atoms with Gasteiger partial charge in [-0.05, 0) is 18.6 Å². The van der Waals surface area contributed by atoms with Crippen molar-refractivity contribution < 1.29 is 21.1 Å². The number of benzene rings is 1. The number of aryl methyl sites for hydroxylation is 1. The van der Waals surface area contributed by atoms with Gasteiger partial charge < -0.3 is 0 Å². The Bertz CT molecular complexity index is 440. The smallest absolute Gasteiger partial charge is 0.205 e. The van der Waals surface area contributed by atoms with Crippen LogP contribution in [0.1, 0.15) is 17.6 Å². The molecule has 2 nitrogen and oxygen atoms in total. The zero-order chi connectivity index (χ0) is 10.9. The topological polar surface area (TPSA) is 34.1 Å². The Balaban J connectivity index is 3.46. The van der Waals surface area contributed by atoms with Gasteiger partial charge in [0.05, 0.1) is 0 Å². The van der Waals surface area contributed by atoms with E-state index in [2.05, 4.69) is 0 Å². The van der Waals surface area contributed by atoms with Crippen LogP contribution in [0.3, 0.4) is 0 Å². The molecule has 0 saturated heterocycles. The third-order valence-electron chi connectivity index (χ3n) is 1.67. The predicted octanol–water partition coefficient (Wildman–Crippen LogP) is 2.59. The van der Waals surface area contributed by atoms with Crippen molar-refractivity contribution in [2.75, 3.05) is 0 Å². The Kier molecular flexibility index (Phi) is 2.84.